The summed E-state index contributed by atoms with van der Waals surface area (Å²) in [6, 6.07) is 8.25. The Morgan fingerprint density at radius 1 is 1.11 bits per heavy atom. The van der Waals surface area contributed by atoms with E-state index in [9.17, 15) is 5.11 Å². The average molecular weight is 271 g/mol. The fourth-order valence-electron chi connectivity index (χ4n) is 3.62. The topological polar surface area (TPSA) is 33.1 Å². The third-order valence-corrected chi connectivity index (χ3v) is 6.07. The largest absolute Gasteiger partial charge is 0.385 e. The smallest absolute Gasteiger partial charge is 0.0938 e. The van der Waals surface area contributed by atoms with Gasteiger partial charge in [0.2, 0.25) is 0 Å². The third kappa shape index (κ3) is 1.87. The van der Waals surface area contributed by atoms with Gasteiger partial charge in [-0.15, -0.1) is 0 Å². The quantitative estimate of drug-likeness (QED) is 0.862. The maximum Gasteiger partial charge on any atom is 0.0938 e. The highest BCUT2D eigenvalue weighted by Crippen LogP contribution is 2.51. The number of benzene rings is 1. The van der Waals surface area contributed by atoms with E-state index >= 15 is 0 Å². The molecule has 0 spiro atoms. The first-order valence-corrected chi connectivity index (χ1v) is 7.90. The van der Waals surface area contributed by atoms with Crippen LogP contribution in [0, 0.1) is 0 Å². The molecule has 4 rings (SSSR count). The lowest BCUT2D eigenvalue weighted by atomic mass is 9.84. The fraction of sp³-hybridized carbons (Fsp3) is 0.438. The van der Waals surface area contributed by atoms with Crippen LogP contribution in [-0.2, 0) is 5.60 Å². The Balaban J connectivity index is 1.85. The number of nitrogens with zero attached hydrogens (tertiary/aromatic N) is 1. The lowest BCUT2D eigenvalue weighted by molar-refractivity contribution is 0.0208. The van der Waals surface area contributed by atoms with Gasteiger partial charge < -0.3 is 5.11 Å². The Labute approximate surface area is 117 Å². The maximum absolute atomic E-state index is 11.2. The summed E-state index contributed by atoms with van der Waals surface area (Å²) in [7, 11) is 0. The fourth-order valence-corrected chi connectivity index (χ4v) is 5.46. The molecule has 2 saturated heterocycles. The van der Waals surface area contributed by atoms with Crippen molar-refractivity contribution in [3.63, 3.8) is 0 Å². The van der Waals surface area contributed by atoms with Crippen LogP contribution in [0.25, 0.3) is 10.8 Å². The maximum atomic E-state index is 11.2. The van der Waals surface area contributed by atoms with E-state index in [1.807, 2.05) is 24.5 Å². The molecule has 2 aromatic rings. The minimum Gasteiger partial charge on any atom is -0.385 e. The van der Waals surface area contributed by atoms with E-state index in [4.69, 9.17) is 0 Å². The van der Waals surface area contributed by atoms with Crippen LogP contribution < -0.4 is 0 Å². The highest BCUT2D eigenvalue weighted by atomic mass is 32.2. The standard InChI is InChI=1S/C16H17NOS/c18-16(7-12-5-6-13(8-16)19-12)15-10-17-9-11-3-1-2-4-14(11)15/h1-4,9-10,12-13,18H,5-8H2. The van der Waals surface area contributed by atoms with Crippen LogP contribution in [0.1, 0.15) is 31.2 Å². The lowest BCUT2D eigenvalue weighted by Crippen LogP contribution is -2.34. The van der Waals surface area contributed by atoms with Gasteiger partial charge in [-0.25, -0.2) is 0 Å². The number of hydrogen-bond acceptors (Lipinski definition) is 3. The molecule has 2 atom stereocenters. The van der Waals surface area contributed by atoms with Crippen molar-refractivity contribution in [3.05, 3.63) is 42.2 Å². The average Bonchev–Trinajstić information content (AvgIpc) is 2.78. The molecule has 2 nitrogen and oxygen atoms in total. The molecule has 2 aliphatic rings. The molecule has 1 aromatic heterocycles. The van der Waals surface area contributed by atoms with E-state index in [1.54, 1.807) is 0 Å². The van der Waals surface area contributed by atoms with E-state index < -0.39 is 5.60 Å². The Kier molecular flexibility index (Phi) is 2.61. The predicted molar refractivity (Wildman–Crippen MR) is 79.3 cm³/mol. The Morgan fingerprint density at radius 2 is 1.84 bits per heavy atom. The predicted octanol–water partition coefficient (Wildman–Crippen LogP) is 3.48. The molecule has 1 aromatic carbocycles. The number of pyridine rings is 1. The van der Waals surface area contributed by atoms with Crippen molar-refractivity contribution in [2.45, 2.75) is 41.8 Å². The van der Waals surface area contributed by atoms with E-state index in [0.29, 0.717) is 10.5 Å². The molecule has 2 aliphatic heterocycles. The molecule has 0 aliphatic carbocycles. The van der Waals surface area contributed by atoms with E-state index in [0.717, 1.165) is 29.2 Å². The molecule has 0 saturated carbocycles. The zero-order valence-electron chi connectivity index (χ0n) is 10.7. The second-order valence-corrected chi connectivity index (χ2v) is 7.41. The first kappa shape index (κ1) is 11.7. The number of hydrogen-bond donors (Lipinski definition) is 1. The summed E-state index contributed by atoms with van der Waals surface area (Å²) in [6.45, 7) is 0. The molecule has 2 unspecified atom stereocenters. The summed E-state index contributed by atoms with van der Waals surface area (Å²) in [5.41, 5.74) is 0.355. The number of fused-ring (bicyclic) bond motifs is 3. The van der Waals surface area contributed by atoms with Crippen molar-refractivity contribution < 1.29 is 5.11 Å². The SMILES string of the molecule is OC1(c2cncc3ccccc23)CC2CCC(C1)S2. The van der Waals surface area contributed by atoms with Gasteiger partial charge in [-0.05, 0) is 31.1 Å². The molecule has 2 fully saturated rings. The van der Waals surface area contributed by atoms with Crippen LogP contribution >= 0.6 is 11.8 Å². The molecule has 0 radical (unpaired) electrons. The molecule has 0 amide bonds. The molecule has 2 bridgehead atoms. The Hall–Kier alpha value is -1.06. The number of aromatic nitrogens is 1. The zero-order chi connectivity index (χ0) is 12.9. The van der Waals surface area contributed by atoms with Gasteiger partial charge in [0.05, 0.1) is 5.60 Å². The highest BCUT2D eigenvalue weighted by molar-refractivity contribution is 8.00. The Morgan fingerprint density at radius 3 is 2.63 bits per heavy atom. The van der Waals surface area contributed by atoms with Gasteiger partial charge in [-0.1, -0.05) is 24.3 Å². The molecular weight excluding hydrogens is 254 g/mol. The van der Waals surface area contributed by atoms with Crippen molar-refractivity contribution in [1.29, 1.82) is 0 Å². The minimum absolute atomic E-state index is 0.628. The van der Waals surface area contributed by atoms with Crippen LogP contribution in [-0.4, -0.2) is 20.6 Å². The third-order valence-electron chi connectivity index (χ3n) is 4.50. The number of rotatable bonds is 1. The van der Waals surface area contributed by atoms with Crippen LogP contribution in [0.2, 0.25) is 0 Å². The van der Waals surface area contributed by atoms with Gasteiger partial charge in [-0.2, -0.15) is 11.8 Å². The normalized spacial score (nSPS) is 33.7. The van der Waals surface area contributed by atoms with Gasteiger partial charge >= 0.3 is 0 Å². The summed E-state index contributed by atoms with van der Waals surface area (Å²) < 4.78 is 0. The van der Waals surface area contributed by atoms with Crippen molar-refractivity contribution in [2.24, 2.45) is 0 Å². The highest BCUT2D eigenvalue weighted by Gasteiger charge is 2.45. The summed E-state index contributed by atoms with van der Waals surface area (Å²) in [4.78, 5) is 4.34. The van der Waals surface area contributed by atoms with Gasteiger partial charge in [0.15, 0.2) is 0 Å². The summed E-state index contributed by atoms with van der Waals surface area (Å²) >= 11 is 2.07. The van der Waals surface area contributed by atoms with Gasteiger partial charge in [-0.3, -0.25) is 4.98 Å². The number of thioether (sulfide) groups is 1. The Bertz CT molecular complexity index is 610. The van der Waals surface area contributed by atoms with Gasteiger partial charge in [0.25, 0.3) is 0 Å². The minimum atomic E-state index is -0.676. The molecule has 1 N–H and O–H groups in total. The van der Waals surface area contributed by atoms with Crippen molar-refractivity contribution >= 4 is 22.5 Å². The van der Waals surface area contributed by atoms with Crippen molar-refractivity contribution in [1.82, 2.24) is 4.98 Å². The first-order chi connectivity index (χ1) is 9.24. The summed E-state index contributed by atoms with van der Waals surface area (Å²) in [6.07, 6.45) is 8.03. The second kappa shape index (κ2) is 4.22. The number of aliphatic hydroxyl groups is 1. The van der Waals surface area contributed by atoms with Crippen LogP contribution in [0.4, 0.5) is 0 Å². The summed E-state index contributed by atoms with van der Waals surface area (Å²) in [5.74, 6) is 0. The van der Waals surface area contributed by atoms with E-state index in [1.165, 1.54) is 12.8 Å². The molecule has 19 heavy (non-hydrogen) atoms. The van der Waals surface area contributed by atoms with E-state index in [2.05, 4.69) is 28.9 Å². The second-order valence-electron chi connectivity index (χ2n) is 5.81. The zero-order valence-corrected chi connectivity index (χ0v) is 11.6. The van der Waals surface area contributed by atoms with Crippen LogP contribution in [0.15, 0.2) is 36.7 Å². The lowest BCUT2D eigenvalue weighted by Gasteiger charge is -2.36. The molecule has 3 heterocycles. The van der Waals surface area contributed by atoms with Crippen LogP contribution in [0.5, 0.6) is 0 Å². The van der Waals surface area contributed by atoms with Crippen molar-refractivity contribution in [3.8, 4) is 0 Å². The van der Waals surface area contributed by atoms with Crippen molar-refractivity contribution in [2.75, 3.05) is 0 Å². The van der Waals surface area contributed by atoms with Gasteiger partial charge in [0, 0.05) is 33.8 Å². The summed E-state index contributed by atoms with van der Waals surface area (Å²) in [5, 5.41) is 14.7. The molecular formula is C16H17NOS. The monoisotopic (exact) mass is 271 g/mol. The van der Waals surface area contributed by atoms with Gasteiger partial charge in [0.1, 0.15) is 0 Å². The van der Waals surface area contributed by atoms with E-state index in [-0.39, 0.29) is 0 Å². The molecule has 98 valence electrons. The first-order valence-electron chi connectivity index (χ1n) is 6.96. The van der Waals surface area contributed by atoms with Crippen LogP contribution in [0.3, 0.4) is 0 Å². The molecule has 3 heteroatoms.